The fraction of sp³-hybridized carbons (Fsp3) is 0.143. The summed E-state index contributed by atoms with van der Waals surface area (Å²) in [4.78, 5) is -0.264. The van der Waals surface area contributed by atoms with Crippen molar-refractivity contribution < 1.29 is 8.78 Å². The third-order valence-corrected chi connectivity index (χ3v) is 4.00. The van der Waals surface area contributed by atoms with Gasteiger partial charge in [-0.15, -0.1) is 0 Å². The first-order valence-corrected chi connectivity index (χ1v) is 6.63. The van der Waals surface area contributed by atoms with E-state index in [1.807, 2.05) is 31.2 Å². The molecular formula is C14H10BrClF2. The fourth-order valence-electron chi connectivity index (χ4n) is 1.74. The summed E-state index contributed by atoms with van der Waals surface area (Å²) in [5, 5.41) is 0.206. The zero-order valence-corrected chi connectivity index (χ0v) is 11.9. The molecule has 2 aromatic rings. The molecule has 94 valence electrons. The molecule has 0 aliphatic heterocycles. The number of benzene rings is 2. The molecule has 1 unspecified atom stereocenters. The van der Waals surface area contributed by atoms with Crippen molar-refractivity contribution in [3.8, 4) is 0 Å². The molecule has 0 fully saturated rings. The van der Waals surface area contributed by atoms with E-state index in [9.17, 15) is 8.78 Å². The molecule has 0 nitrogen and oxygen atoms in total. The van der Waals surface area contributed by atoms with Crippen LogP contribution in [0.4, 0.5) is 8.78 Å². The van der Waals surface area contributed by atoms with E-state index in [-0.39, 0.29) is 9.85 Å². The van der Waals surface area contributed by atoms with Gasteiger partial charge in [0.05, 0.1) is 4.83 Å². The van der Waals surface area contributed by atoms with E-state index in [0.717, 1.165) is 23.3 Å². The summed E-state index contributed by atoms with van der Waals surface area (Å²) >= 11 is 9.41. The molecular weight excluding hydrogens is 322 g/mol. The van der Waals surface area contributed by atoms with Crippen LogP contribution >= 0.6 is 27.5 Å². The summed E-state index contributed by atoms with van der Waals surface area (Å²) in [6, 6.07) is 9.87. The van der Waals surface area contributed by atoms with Gasteiger partial charge in [-0.3, -0.25) is 0 Å². The molecule has 0 bridgehead atoms. The zero-order chi connectivity index (χ0) is 13.3. The Balaban J connectivity index is 2.46. The van der Waals surface area contributed by atoms with E-state index in [4.69, 9.17) is 11.6 Å². The smallest absolute Gasteiger partial charge is 0.160 e. The molecule has 0 heterocycles. The third-order valence-electron chi connectivity index (χ3n) is 2.65. The average Bonchev–Trinajstić information content (AvgIpc) is 2.33. The van der Waals surface area contributed by atoms with Crippen LogP contribution in [0.3, 0.4) is 0 Å². The van der Waals surface area contributed by atoms with Gasteiger partial charge in [0.25, 0.3) is 0 Å². The number of aryl methyl sites for hydroxylation is 1. The molecule has 0 aliphatic carbocycles. The van der Waals surface area contributed by atoms with Crippen LogP contribution < -0.4 is 0 Å². The van der Waals surface area contributed by atoms with Crippen LogP contribution in [0.25, 0.3) is 0 Å². The molecule has 0 N–H and O–H groups in total. The van der Waals surface area contributed by atoms with E-state index in [1.54, 1.807) is 0 Å². The number of halogens is 4. The summed E-state index contributed by atoms with van der Waals surface area (Å²) < 4.78 is 26.3. The van der Waals surface area contributed by atoms with Crippen molar-refractivity contribution in [2.45, 2.75) is 11.8 Å². The quantitative estimate of drug-likeness (QED) is 0.510. The van der Waals surface area contributed by atoms with E-state index < -0.39 is 11.6 Å². The monoisotopic (exact) mass is 330 g/mol. The molecule has 2 aromatic carbocycles. The van der Waals surface area contributed by atoms with E-state index in [1.165, 1.54) is 0 Å². The molecule has 0 radical (unpaired) electrons. The summed E-state index contributed by atoms with van der Waals surface area (Å²) in [5.74, 6) is -1.83. The molecule has 0 amide bonds. The van der Waals surface area contributed by atoms with Gasteiger partial charge in [0, 0.05) is 5.02 Å². The van der Waals surface area contributed by atoms with Gasteiger partial charge in [0.15, 0.2) is 11.6 Å². The molecule has 0 saturated carbocycles. The van der Waals surface area contributed by atoms with Gasteiger partial charge in [0.1, 0.15) is 0 Å². The van der Waals surface area contributed by atoms with Crippen molar-refractivity contribution >= 4 is 27.5 Å². The maximum Gasteiger partial charge on any atom is 0.160 e. The highest BCUT2D eigenvalue weighted by Crippen LogP contribution is 2.36. The predicted octanol–water partition coefficient (Wildman–Crippen LogP) is 5.41. The number of hydrogen-bond donors (Lipinski definition) is 0. The molecule has 0 spiro atoms. The van der Waals surface area contributed by atoms with Crippen molar-refractivity contribution in [2.24, 2.45) is 0 Å². The Morgan fingerprint density at radius 3 is 2.44 bits per heavy atom. The maximum absolute atomic E-state index is 13.3. The molecule has 18 heavy (non-hydrogen) atoms. The Morgan fingerprint density at radius 1 is 1.11 bits per heavy atom. The molecule has 0 aliphatic rings. The highest BCUT2D eigenvalue weighted by atomic mass is 79.9. The second-order valence-corrected chi connectivity index (χ2v) is 5.39. The fourth-order valence-corrected chi connectivity index (χ4v) is 2.79. The predicted molar refractivity (Wildman–Crippen MR) is 73.3 cm³/mol. The van der Waals surface area contributed by atoms with Gasteiger partial charge in [-0.1, -0.05) is 57.4 Å². The van der Waals surface area contributed by atoms with Crippen molar-refractivity contribution in [1.29, 1.82) is 0 Å². The Labute approximate surface area is 118 Å². The van der Waals surface area contributed by atoms with Crippen LogP contribution in [0.15, 0.2) is 36.4 Å². The number of alkyl halides is 1. The van der Waals surface area contributed by atoms with E-state index in [0.29, 0.717) is 5.56 Å². The number of rotatable bonds is 2. The molecule has 0 saturated heterocycles. The van der Waals surface area contributed by atoms with Crippen LogP contribution in [0, 0.1) is 18.6 Å². The third kappa shape index (κ3) is 2.73. The van der Waals surface area contributed by atoms with Gasteiger partial charge in [-0.25, -0.2) is 8.78 Å². The summed E-state index contributed by atoms with van der Waals surface area (Å²) in [5.41, 5.74) is 2.56. The maximum atomic E-state index is 13.3. The standard InChI is InChI=1S/C14H10BrClF2/c1-8-3-2-4-9(5-8)14(15)10-6-12(17)13(18)7-11(10)16/h2-7,14H,1H3. The van der Waals surface area contributed by atoms with Crippen LogP contribution in [0.5, 0.6) is 0 Å². The van der Waals surface area contributed by atoms with Gasteiger partial charge in [0.2, 0.25) is 0 Å². The minimum Gasteiger partial charge on any atom is -0.204 e. The summed E-state index contributed by atoms with van der Waals surface area (Å²) in [6.07, 6.45) is 0. The molecule has 0 aromatic heterocycles. The van der Waals surface area contributed by atoms with Crippen molar-refractivity contribution in [1.82, 2.24) is 0 Å². The first kappa shape index (κ1) is 13.5. The minimum absolute atomic E-state index is 0.206. The first-order valence-electron chi connectivity index (χ1n) is 5.34. The minimum atomic E-state index is -0.937. The van der Waals surface area contributed by atoms with Crippen LogP contribution in [-0.4, -0.2) is 0 Å². The summed E-state index contributed by atoms with van der Waals surface area (Å²) in [6.45, 7) is 1.97. The van der Waals surface area contributed by atoms with Gasteiger partial charge in [-0.05, 0) is 30.2 Å². The molecule has 4 heteroatoms. The Kier molecular flexibility index (Phi) is 4.03. The number of hydrogen-bond acceptors (Lipinski definition) is 0. The highest BCUT2D eigenvalue weighted by molar-refractivity contribution is 9.09. The Morgan fingerprint density at radius 2 is 1.78 bits per heavy atom. The van der Waals surface area contributed by atoms with Gasteiger partial charge >= 0.3 is 0 Å². The van der Waals surface area contributed by atoms with Crippen molar-refractivity contribution in [2.75, 3.05) is 0 Å². The van der Waals surface area contributed by atoms with Crippen LogP contribution in [0.1, 0.15) is 21.5 Å². The molecule has 1 atom stereocenters. The van der Waals surface area contributed by atoms with E-state index in [2.05, 4.69) is 15.9 Å². The van der Waals surface area contributed by atoms with E-state index >= 15 is 0 Å². The lowest BCUT2D eigenvalue weighted by Crippen LogP contribution is -1.97. The van der Waals surface area contributed by atoms with Crippen molar-refractivity contribution in [3.05, 3.63) is 69.7 Å². The topological polar surface area (TPSA) is 0 Å². The normalized spacial score (nSPS) is 12.5. The van der Waals surface area contributed by atoms with Crippen LogP contribution in [-0.2, 0) is 0 Å². The van der Waals surface area contributed by atoms with Crippen LogP contribution in [0.2, 0.25) is 5.02 Å². The lowest BCUT2D eigenvalue weighted by atomic mass is 10.0. The van der Waals surface area contributed by atoms with Crippen molar-refractivity contribution in [3.63, 3.8) is 0 Å². The molecule has 2 rings (SSSR count). The Hall–Kier alpha value is -0.930. The summed E-state index contributed by atoms with van der Waals surface area (Å²) in [7, 11) is 0. The second-order valence-electron chi connectivity index (χ2n) is 4.06. The average molecular weight is 332 g/mol. The largest absolute Gasteiger partial charge is 0.204 e. The second kappa shape index (κ2) is 5.37. The van der Waals surface area contributed by atoms with Gasteiger partial charge < -0.3 is 0 Å². The lowest BCUT2D eigenvalue weighted by Gasteiger charge is -2.13. The SMILES string of the molecule is Cc1cccc(C(Br)c2cc(F)c(F)cc2Cl)c1. The first-order chi connectivity index (χ1) is 8.49. The highest BCUT2D eigenvalue weighted by Gasteiger charge is 2.17. The van der Waals surface area contributed by atoms with Gasteiger partial charge in [-0.2, -0.15) is 0 Å². The lowest BCUT2D eigenvalue weighted by molar-refractivity contribution is 0.507. The Bertz CT molecular complexity index is 584. The zero-order valence-electron chi connectivity index (χ0n) is 9.55.